The number of halogens is 2. The lowest BCUT2D eigenvalue weighted by molar-refractivity contribution is 0.0792. The lowest BCUT2D eigenvalue weighted by Crippen LogP contribution is -2.27. The fourth-order valence-corrected chi connectivity index (χ4v) is 3.94. The SMILES string of the molecule is O=C(Nc1ccc(Cl)c(-c2ccccn2)c1)c1ccc(C(=O)N2CCCC2)cc1Cl. The highest BCUT2D eigenvalue weighted by Gasteiger charge is 2.21. The maximum absolute atomic E-state index is 12.8. The van der Waals surface area contributed by atoms with Crippen molar-refractivity contribution in [1.82, 2.24) is 9.88 Å². The van der Waals surface area contributed by atoms with Crippen LogP contribution in [0.25, 0.3) is 11.3 Å². The topological polar surface area (TPSA) is 62.3 Å². The number of hydrogen-bond acceptors (Lipinski definition) is 3. The second kappa shape index (κ2) is 8.86. The molecule has 0 aliphatic carbocycles. The molecule has 0 bridgehead atoms. The first-order valence-electron chi connectivity index (χ1n) is 9.64. The number of benzene rings is 2. The number of carbonyl (C=O) groups excluding carboxylic acids is 2. The molecular weight excluding hydrogens is 421 g/mol. The molecule has 1 N–H and O–H groups in total. The number of pyridine rings is 1. The van der Waals surface area contributed by atoms with Gasteiger partial charge in [0.25, 0.3) is 11.8 Å². The Morgan fingerprint density at radius 1 is 0.933 bits per heavy atom. The average Bonchev–Trinajstić information content (AvgIpc) is 3.30. The van der Waals surface area contributed by atoms with E-state index in [4.69, 9.17) is 23.2 Å². The quantitative estimate of drug-likeness (QED) is 0.579. The van der Waals surface area contributed by atoms with Crippen LogP contribution in [0.3, 0.4) is 0 Å². The van der Waals surface area contributed by atoms with Gasteiger partial charge in [-0.25, -0.2) is 0 Å². The van der Waals surface area contributed by atoms with Crippen molar-refractivity contribution in [1.29, 1.82) is 0 Å². The van der Waals surface area contributed by atoms with E-state index in [0.29, 0.717) is 33.1 Å². The molecule has 5 nitrogen and oxygen atoms in total. The van der Waals surface area contributed by atoms with E-state index in [1.807, 2.05) is 18.2 Å². The summed E-state index contributed by atoms with van der Waals surface area (Å²) in [6.07, 6.45) is 3.71. The minimum absolute atomic E-state index is 0.0564. The molecule has 30 heavy (non-hydrogen) atoms. The van der Waals surface area contributed by atoms with Crippen molar-refractivity contribution in [3.8, 4) is 11.3 Å². The van der Waals surface area contributed by atoms with Gasteiger partial charge in [0.05, 0.1) is 21.3 Å². The number of nitrogens with zero attached hydrogens (tertiary/aromatic N) is 2. The van der Waals surface area contributed by atoms with E-state index in [9.17, 15) is 9.59 Å². The van der Waals surface area contributed by atoms with E-state index in [1.165, 1.54) is 0 Å². The van der Waals surface area contributed by atoms with E-state index >= 15 is 0 Å². The maximum atomic E-state index is 12.8. The van der Waals surface area contributed by atoms with Crippen LogP contribution in [0.4, 0.5) is 5.69 Å². The van der Waals surface area contributed by atoms with Crippen LogP contribution in [0.1, 0.15) is 33.6 Å². The Bertz CT molecular complexity index is 1100. The zero-order chi connectivity index (χ0) is 21.1. The van der Waals surface area contributed by atoms with Gasteiger partial charge in [-0.3, -0.25) is 14.6 Å². The molecule has 7 heteroatoms. The summed E-state index contributed by atoms with van der Waals surface area (Å²) in [5, 5.41) is 3.60. The van der Waals surface area contributed by atoms with Gasteiger partial charge in [0.2, 0.25) is 0 Å². The third-order valence-corrected chi connectivity index (χ3v) is 5.66. The van der Waals surface area contributed by atoms with Crippen molar-refractivity contribution in [3.63, 3.8) is 0 Å². The molecule has 0 radical (unpaired) electrons. The molecule has 2 aromatic carbocycles. The number of aromatic nitrogens is 1. The maximum Gasteiger partial charge on any atom is 0.257 e. The Labute approximate surface area is 184 Å². The summed E-state index contributed by atoms with van der Waals surface area (Å²) in [6, 6.07) is 15.5. The zero-order valence-electron chi connectivity index (χ0n) is 16.1. The summed E-state index contributed by atoms with van der Waals surface area (Å²) in [7, 11) is 0. The highest BCUT2D eigenvalue weighted by molar-refractivity contribution is 6.35. The predicted molar refractivity (Wildman–Crippen MR) is 119 cm³/mol. The molecule has 4 rings (SSSR count). The Kier molecular flexibility index (Phi) is 6.02. The fraction of sp³-hybridized carbons (Fsp3) is 0.174. The van der Waals surface area contributed by atoms with E-state index in [1.54, 1.807) is 47.5 Å². The third kappa shape index (κ3) is 4.32. The van der Waals surface area contributed by atoms with E-state index in [0.717, 1.165) is 25.9 Å². The van der Waals surface area contributed by atoms with Gasteiger partial charge < -0.3 is 10.2 Å². The van der Waals surface area contributed by atoms with Crippen LogP contribution in [-0.2, 0) is 0 Å². The van der Waals surface area contributed by atoms with Gasteiger partial charge >= 0.3 is 0 Å². The van der Waals surface area contributed by atoms with Crippen LogP contribution in [-0.4, -0.2) is 34.8 Å². The predicted octanol–water partition coefficient (Wildman–Crippen LogP) is 5.54. The monoisotopic (exact) mass is 439 g/mol. The molecular formula is C23H19Cl2N3O2. The summed E-state index contributed by atoms with van der Waals surface area (Å²) in [5.41, 5.74) is 2.78. The molecule has 1 aromatic heterocycles. The molecule has 2 heterocycles. The van der Waals surface area contributed by atoms with E-state index in [2.05, 4.69) is 10.3 Å². The number of rotatable bonds is 4. The van der Waals surface area contributed by atoms with Crippen LogP contribution in [0.15, 0.2) is 60.8 Å². The van der Waals surface area contributed by atoms with Gasteiger partial charge in [0.1, 0.15) is 0 Å². The van der Waals surface area contributed by atoms with Gasteiger partial charge in [-0.2, -0.15) is 0 Å². The summed E-state index contributed by atoms with van der Waals surface area (Å²) in [5.74, 6) is -0.423. The highest BCUT2D eigenvalue weighted by Crippen LogP contribution is 2.30. The second-order valence-corrected chi connectivity index (χ2v) is 7.87. The lowest BCUT2D eigenvalue weighted by atomic mass is 10.1. The number of likely N-dealkylation sites (tertiary alicyclic amines) is 1. The van der Waals surface area contributed by atoms with Crippen molar-refractivity contribution in [2.45, 2.75) is 12.8 Å². The fourth-order valence-electron chi connectivity index (χ4n) is 3.45. The zero-order valence-corrected chi connectivity index (χ0v) is 17.6. The normalized spacial score (nSPS) is 13.3. The third-order valence-electron chi connectivity index (χ3n) is 5.02. The molecule has 0 saturated carbocycles. The lowest BCUT2D eigenvalue weighted by Gasteiger charge is -2.16. The Hall–Kier alpha value is -2.89. The number of hydrogen-bond donors (Lipinski definition) is 1. The number of anilines is 1. The molecule has 152 valence electrons. The summed E-state index contributed by atoms with van der Waals surface area (Å²) in [4.78, 5) is 31.4. The Morgan fingerprint density at radius 3 is 2.43 bits per heavy atom. The summed E-state index contributed by atoms with van der Waals surface area (Å²) < 4.78 is 0. The van der Waals surface area contributed by atoms with E-state index in [-0.39, 0.29) is 16.8 Å². The molecule has 1 aliphatic rings. The molecule has 1 fully saturated rings. The van der Waals surface area contributed by atoms with Crippen molar-refractivity contribution >= 4 is 40.7 Å². The number of carbonyl (C=O) groups is 2. The first-order valence-corrected chi connectivity index (χ1v) is 10.4. The standard InChI is InChI=1S/C23H19Cl2N3O2/c24-19-9-7-16(14-18(19)21-5-1-2-10-26-21)27-22(29)17-8-6-15(13-20(17)25)23(30)28-11-3-4-12-28/h1-2,5-10,13-14H,3-4,11-12H2,(H,27,29). The van der Waals surface area contributed by atoms with Gasteiger partial charge in [0, 0.05) is 36.1 Å². The van der Waals surface area contributed by atoms with Crippen LogP contribution in [0.5, 0.6) is 0 Å². The van der Waals surface area contributed by atoms with Gasteiger partial charge in [-0.1, -0.05) is 29.3 Å². The summed E-state index contributed by atoms with van der Waals surface area (Å²) in [6.45, 7) is 1.52. The molecule has 2 amide bonds. The first-order chi connectivity index (χ1) is 14.5. The second-order valence-electron chi connectivity index (χ2n) is 7.06. The molecule has 0 unspecified atom stereocenters. The molecule has 1 aliphatic heterocycles. The van der Waals surface area contributed by atoms with E-state index < -0.39 is 0 Å². The minimum atomic E-state index is -0.366. The Morgan fingerprint density at radius 2 is 1.73 bits per heavy atom. The minimum Gasteiger partial charge on any atom is -0.339 e. The number of nitrogens with one attached hydrogen (secondary N) is 1. The highest BCUT2D eigenvalue weighted by atomic mass is 35.5. The van der Waals surface area contributed by atoms with Gasteiger partial charge in [-0.15, -0.1) is 0 Å². The van der Waals surface area contributed by atoms with Gasteiger partial charge in [-0.05, 0) is 61.4 Å². The van der Waals surface area contributed by atoms with Crippen molar-refractivity contribution in [2.24, 2.45) is 0 Å². The molecule has 1 saturated heterocycles. The average molecular weight is 440 g/mol. The Balaban J connectivity index is 1.53. The first kappa shape index (κ1) is 20.4. The molecule has 3 aromatic rings. The molecule has 0 atom stereocenters. The van der Waals surface area contributed by atoms with Gasteiger partial charge in [0.15, 0.2) is 0 Å². The molecule has 0 spiro atoms. The largest absolute Gasteiger partial charge is 0.339 e. The van der Waals surface area contributed by atoms with Crippen molar-refractivity contribution in [3.05, 3.63) is 82.0 Å². The van der Waals surface area contributed by atoms with Crippen molar-refractivity contribution < 1.29 is 9.59 Å². The van der Waals surface area contributed by atoms with Crippen LogP contribution in [0, 0.1) is 0 Å². The van der Waals surface area contributed by atoms with Crippen LogP contribution >= 0.6 is 23.2 Å². The summed E-state index contributed by atoms with van der Waals surface area (Å²) >= 11 is 12.6. The van der Waals surface area contributed by atoms with Crippen molar-refractivity contribution in [2.75, 3.05) is 18.4 Å². The smallest absolute Gasteiger partial charge is 0.257 e. The van der Waals surface area contributed by atoms with Crippen LogP contribution < -0.4 is 5.32 Å². The van der Waals surface area contributed by atoms with Crippen LogP contribution in [0.2, 0.25) is 10.0 Å². The number of amides is 2.